The first-order chi connectivity index (χ1) is 9.90. The van der Waals surface area contributed by atoms with Crippen molar-refractivity contribution in [2.75, 3.05) is 0 Å². The average molecular weight is 262 g/mol. The first-order valence-electron chi connectivity index (χ1n) is 6.16. The molecule has 96 valence electrons. The lowest BCUT2D eigenvalue weighted by Crippen LogP contribution is -1.94. The fourth-order valence-electron chi connectivity index (χ4n) is 2.10. The Bertz CT molecular complexity index is 845. The molecule has 6 heteroatoms. The Kier molecular flexibility index (Phi) is 2.32. The molecule has 0 saturated carbocycles. The molecular formula is C14H10N6. The number of fused-ring (bicyclic) bond motifs is 1. The third-order valence-corrected chi connectivity index (χ3v) is 3.10. The Balaban J connectivity index is 1.74. The van der Waals surface area contributed by atoms with Gasteiger partial charge in [0.2, 0.25) is 0 Å². The van der Waals surface area contributed by atoms with Crippen molar-refractivity contribution in [3.05, 3.63) is 61.4 Å². The van der Waals surface area contributed by atoms with Gasteiger partial charge in [-0.2, -0.15) is 15.2 Å². The van der Waals surface area contributed by atoms with Gasteiger partial charge in [-0.15, -0.1) is 0 Å². The lowest BCUT2D eigenvalue weighted by molar-refractivity contribution is 0.880. The van der Waals surface area contributed by atoms with Crippen LogP contribution in [0.1, 0.15) is 0 Å². The van der Waals surface area contributed by atoms with Crippen molar-refractivity contribution in [3.63, 3.8) is 0 Å². The van der Waals surface area contributed by atoms with Gasteiger partial charge in [-0.05, 0) is 23.8 Å². The molecule has 0 amide bonds. The van der Waals surface area contributed by atoms with Crippen LogP contribution >= 0.6 is 0 Å². The van der Waals surface area contributed by atoms with Crippen molar-refractivity contribution >= 4 is 5.78 Å². The van der Waals surface area contributed by atoms with E-state index in [9.17, 15) is 0 Å². The Hall–Kier alpha value is -3.02. The lowest BCUT2D eigenvalue weighted by atomic mass is 10.1. The maximum absolute atomic E-state index is 4.26. The number of rotatable bonds is 2. The van der Waals surface area contributed by atoms with Gasteiger partial charge in [0.05, 0.1) is 5.69 Å². The van der Waals surface area contributed by atoms with E-state index >= 15 is 0 Å². The van der Waals surface area contributed by atoms with Gasteiger partial charge >= 0.3 is 0 Å². The third kappa shape index (κ3) is 1.74. The van der Waals surface area contributed by atoms with Crippen LogP contribution in [-0.4, -0.2) is 29.4 Å². The van der Waals surface area contributed by atoms with Gasteiger partial charge in [0.25, 0.3) is 5.78 Å². The van der Waals surface area contributed by atoms with Gasteiger partial charge in [-0.1, -0.05) is 12.1 Å². The smallest absolute Gasteiger partial charge is 0.241 e. The first-order valence-corrected chi connectivity index (χ1v) is 6.16. The molecule has 1 aromatic carbocycles. The van der Waals surface area contributed by atoms with E-state index in [1.54, 1.807) is 16.9 Å². The summed E-state index contributed by atoms with van der Waals surface area (Å²) in [5, 5.41) is 8.30. The Morgan fingerprint density at radius 3 is 2.60 bits per heavy atom. The van der Waals surface area contributed by atoms with Crippen LogP contribution in [0.3, 0.4) is 0 Å². The van der Waals surface area contributed by atoms with Gasteiger partial charge in [0.1, 0.15) is 6.33 Å². The van der Waals surface area contributed by atoms with Gasteiger partial charge in [0, 0.05) is 30.4 Å². The normalized spacial score (nSPS) is 11.0. The van der Waals surface area contributed by atoms with Crippen molar-refractivity contribution < 1.29 is 0 Å². The number of benzene rings is 1. The molecule has 0 aliphatic carbocycles. The molecule has 0 radical (unpaired) electrons. The van der Waals surface area contributed by atoms with Gasteiger partial charge in [0.15, 0.2) is 0 Å². The summed E-state index contributed by atoms with van der Waals surface area (Å²) in [7, 11) is 0. The molecule has 3 heterocycles. The number of nitrogens with zero attached hydrogens (tertiary/aromatic N) is 6. The summed E-state index contributed by atoms with van der Waals surface area (Å²) < 4.78 is 3.49. The summed E-state index contributed by atoms with van der Waals surface area (Å²) in [6.45, 7) is 0. The molecule has 4 aromatic rings. The summed E-state index contributed by atoms with van der Waals surface area (Å²) >= 11 is 0. The highest BCUT2D eigenvalue weighted by Crippen LogP contribution is 2.19. The monoisotopic (exact) mass is 262 g/mol. The topological polar surface area (TPSA) is 60.9 Å². The Morgan fingerprint density at radius 1 is 0.900 bits per heavy atom. The second-order valence-electron chi connectivity index (χ2n) is 4.34. The average Bonchev–Trinajstić information content (AvgIpc) is 3.18. The molecular weight excluding hydrogens is 252 g/mol. The Morgan fingerprint density at radius 2 is 1.80 bits per heavy atom. The summed E-state index contributed by atoms with van der Waals surface area (Å²) in [5.74, 6) is 0.599. The van der Waals surface area contributed by atoms with Crippen molar-refractivity contribution in [2.45, 2.75) is 0 Å². The van der Waals surface area contributed by atoms with Crippen molar-refractivity contribution in [3.8, 4) is 16.8 Å². The van der Waals surface area contributed by atoms with Crippen molar-refractivity contribution in [2.24, 2.45) is 0 Å². The van der Waals surface area contributed by atoms with Crippen molar-refractivity contribution in [1.29, 1.82) is 0 Å². The van der Waals surface area contributed by atoms with Crippen LogP contribution in [0.5, 0.6) is 0 Å². The molecule has 0 atom stereocenters. The molecule has 20 heavy (non-hydrogen) atoms. The molecule has 0 spiro atoms. The van der Waals surface area contributed by atoms with E-state index < -0.39 is 0 Å². The first kappa shape index (κ1) is 10.9. The minimum Gasteiger partial charge on any atom is -0.241 e. The minimum absolute atomic E-state index is 0.599. The van der Waals surface area contributed by atoms with Crippen LogP contribution in [-0.2, 0) is 0 Å². The standard InChI is InChI=1S/C14H10N6/c1-6-17-19(7-1)13-4-2-11(3-5-13)12-8-15-14-16-10-18-20(14)9-12/h1-10H. The second-order valence-corrected chi connectivity index (χ2v) is 4.34. The fraction of sp³-hybridized carbons (Fsp3) is 0. The van der Waals surface area contributed by atoms with E-state index in [-0.39, 0.29) is 0 Å². The van der Waals surface area contributed by atoms with Crippen LogP contribution < -0.4 is 0 Å². The number of aromatic nitrogens is 6. The molecule has 0 saturated heterocycles. The summed E-state index contributed by atoms with van der Waals surface area (Å²) in [6.07, 6.45) is 8.88. The molecule has 0 fully saturated rings. The second kappa shape index (κ2) is 4.27. The maximum atomic E-state index is 4.26. The number of hydrogen-bond acceptors (Lipinski definition) is 4. The summed E-state index contributed by atoms with van der Waals surface area (Å²) in [4.78, 5) is 8.29. The van der Waals surface area contributed by atoms with Gasteiger partial charge in [-0.25, -0.2) is 14.2 Å². The predicted molar refractivity (Wildman–Crippen MR) is 73.3 cm³/mol. The van der Waals surface area contributed by atoms with E-state index in [2.05, 4.69) is 20.2 Å². The van der Waals surface area contributed by atoms with Crippen LogP contribution in [0.15, 0.2) is 61.4 Å². The zero-order chi connectivity index (χ0) is 13.4. The quantitative estimate of drug-likeness (QED) is 0.554. The summed E-state index contributed by atoms with van der Waals surface area (Å²) in [5.41, 5.74) is 3.09. The molecule has 3 aromatic heterocycles. The van der Waals surface area contributed by atoms with Crippen LogP contribution in [0.2, 0.25) is 0 Å². The summed E-state index contributed by atoms with van der Waals surface area (Å²) in [6, 6.07) is 10.0. The third-order valence-electron chi connectivity index (χ3n) is 3.10. The predicted octanol–water partition coefficient (Wildman–Crippen LogP) is 1.98. The van der Waals surface area contributed by atoms with Gasteiger partial charge < -0.3 is 0 Å². The van der Waals surface area contributed by atoms with E-state index in [1.807, 2.05) is 47.4 Å². The largest absolute Gasteiger partial charge is 0.252 e. The SMILES string of the molecule is c1cnn(-c2ccc(-c3cnc4ncnn4c3)cc2)c1. The van der Waals surface area contributed by atoms with E-state index in [1.165, 1.54) is 6.33 Å². The fourth-order valence-corrected chi connectivity index (χ4v) is 2.10. The van der Waals surface area contributed by atoms with Crippen LogP contribution in [0.4, 0.5) is 0 Å². The van der Waals surface area contributed by atoms with E-state index in [4.69, 9.17) is 0 Å². The minimum atomic E-state index is 0.599. The molecule has 0 aliphatic heterocycles. The molecule has 4 rings (SSSR count). The number of hydrogen-bond donors (Lipinski definition) is 0. The van der Waals surface area contributed by atoms with Gasteiger partial charge in [-0.3, -0.25) is 0 Å². The Labute approximate surface area is 114 Å². The highest BCUT2D eigenvalue weighted by atomic mass is 15.3. The molecule has 0 aliphatic rings. The highest BCUT2D eigenvalue weighted by Gasteiger charge is 2.03. The molecule has 0 bridgehead atoms. The highest BCUT2D eigenvalue weighted by molar-refractivity contribution is 5.63. The maximum Gasteiger partial charge on any atom is 0.252 e. The molecule has 6 nitrogen and oxygen atoms in total. The van der Waals surface area contributed by atoms with E-state index in [0.29, 0.717) is 5.78 Å². The van der Waals surface area contributed by atoms with Crippen LogP contribution in [0, 0.1) is 0 Å². The zero-order valence-corrected chi connectivity index (χ0v) is 10.5. The van der Waals surface area contributed by atoms with Crippen molar-refractivity contribution in [1.82, 2.24) is 29.4 Å². The zero-order valence-electron chi connectivity index (χ0n) is 10.5. The molecule has 0 N–H and O–H groups in total. The van der Waals surface area contributed by atoms with Crippen LogP contribution in [0.25, 0.3) is 22.6 Å². The molecule has 0 unspecified atom stereocenters. The lowest BCUT2D eigenvalue weighted by Gasteiger charge is -2.04. The van der Waals surface area contributed by atoms with E-state index in [0.717, 1.165) is 16.8 Å².